The fraction of sp³-hybridized carbons (Fsp3) is 0.696. The lowest BCUT2D eigenvalue weighted by atomic mass is 10.2. The predicted octanol–water partition coefficient (Wildman–Crippen LogP) is 3.92. The van der Waals surface area contributed by atoms with Crippen molar-refractivity contribution in [2.75, 3.05) is 77.1 Å². The molecule has 0 heterocycles. The lowest BCUT2D eigenvalue weighted by Crippen LogP contribution is -2.15. The standard InChI is InChI=1S/C23H37IO7/c24-10-6-1-2-7-11-26-12-13-27-14-15-28-16-17-29-18-19-30-20-21-31-23(25)22-8-4-3-5-9-22/h3-5,8-9H,1-2,6-7,10-21H2. The number of hydrogen-bond acceptors (Lipinski definition) is 7. The lowest BCUT2D eigenvalue weighted by molar-refractivity contribution is -0.0153. The number of benzene rings is 1. The topological polar surface area (TPSA) is 72.5 Å². The van der Waals surface area contributed by atoms with Crippen molar-refractivity contribution in [1.82, 2.24) is 0 Å². The molecule has 31 heavy (non-hydrogen) atoms. The van der Waals surface area contributed by atoms with E-state index in [1.807, 2.05) is 6.07 Å². The number of esters is 1. The van der Waals surface area contributed by atoms with Gasteiger partial charge in [-0.3, -0.25) is 0 Å². The van der Waals surface area contributed by atoms with Gasteiger partial charge in [-0.15, -0.1) is 0 Å². The molecule has 0 saturated heterocycles. The molecule has 0 spiro atoms. The summed E-state index contributed by atoms with van der Waals surface area (Å²) in [6.07, 6.45) is 4.97. The normalized spacial score (nSPS) is 11.0. The average molecular weight is 552 g/mol. The highest BCUT2D eigenvalue weighted by atomic mass is 127. The van der Waals surface area contributed by atoms with E-state index in [0.29, 0.717) is 65.0 Å². The third kappa shape index (κ3) is 18.5. The van der Waals surface area contributed by atoms with Crippen LogP contribution in [0.15, 0.2) is 30.3 Å². The average Bonchev–Trinajstić information content (AvgIpc) is 2.80. The van der Waals surface area contributed by atoms with E-state index < -0.39 is 0 Å². The third-order valence-electron chi connectivity index (χ3n) is 4.13. The molecule has 1 aromatic carbocycles. The highest BCUT2D eigenvalue weighted by Crippen LogP contribution is 2.02. The fourth-order valence-electron chi connectivity index (χ4n) is 2.48. The molecule has 0 atom stereocenters. The smallest absolute Gasteiger partial charge is 0.338 e. The van der Waals surface area contributed by atoms with E-state index in [-0.39, 0.29) is 12.6 Å². The van der Waals surface area contributed by atoms with E-state index in [4.69, 9.17) is 28.4 Å². The molecule has 178 valence electrons. The Kier molecular flexibility index (Phi) is 20.4. The van der Waals surface area contributed by atoms with Crippen molar-refractivity contribution in [2.45, 2.75) is 25.7 Å². The minimum atomic E-state index is -0.341. The summed E-state index contributed by atoms with van der Waals surface area (Å²) in [6.45, 7) is 5.68. The van der Waals surface area contributed by atoms with Crippen molar-refractivity contribution in [3.8, 4) is 0 Å². The summed E-state index contributed by atoms with van der Waals surface area (Å²) >= 11 is 2.41. The van der Waals surface area contributed by atoms with Crippen LogP contribution in [0.25, 0.3) is 0 Å². The zero-order chi connectivity index (χ0) is 22.2. The third-order valence-corrected chi connectivity index (χ3v) is 4.89. The molecule has 0 aliphatic rings. The number of ether oxygens (including phenoxy) is 6. The number of carbonyl (C=O) groups is 1. The summed E-state index contributed by atoms with van der Waals surface area (Å²) in [5.74, 6) is -0.341. The van der Waals surface area contributed by atoms with E-state index >= 15 is 0 Å². The molecule has 1 aromatic rings. The number of hydrogen-bond donors (Lipinski definition) is 0. The van der Waals surface area contributed by atoms with Crippen LogP contribution in [0.1, 0.15) is 36.0 Å². The van der Waals surface area contributed by atoms with Crippen LogP contribution in [0.5, 0.6) is 0 Å². The number of halogens is 1. The Morgan fingerprint density at radius 2 is 1.03 bits per heavy atom. The predicted molar refractivity (Wildman–Crippen MR) is 128 cm³/mol. The Hall–Kier alpha value is -0.780. The number of alkyl halides is 1. The van der Waals surface area contributed by atoms with Gasteiger partial charge < -0.3 is 28.4 Å². The molecule has 0 fully saturated rings. The van der Waals surface area contributed by atoms with Crippen LogP contribution >= 0.6 is 22.6 Å². The van der Waals surface area contributed by atoms with E-state index in [9.17, 15) is 4.79 Å². The molecule has 1 rings (SSSR count). The van der Waals surface area contributed by atoms with Gasteiger partial charge in [0.05, 0.1) is 65.0 Å². The van der Waals surface area contributed by atoms with Crippen LogP contribution in [0.3, 0.4) is 0 Å². The highest BCUT2D eigenvalue weighted by molar-refractivity contribution is 14.1. The summed E-state index contributed by atoms with van der Waals surface area (Å²) in [6, 6.07) is 8.89. The minimum absolute atomic E-state index is 0.223. The highest BCUT2D eigenvalue weighted by Gasteiger charge is 2.04. The second-order valence-corrected chi connectivity index (χ2v) is 7.75. The molecule has 0 saturated carbocycles. The molecular weight excluding hydrogens is 515 g/mol. The molecular formula is C23H37IO7. The molecule has 0 aromatic heterocycles. The summed E-state index contributed by atoms with van der Waals surface area (Å²) < 4.78 is 33.6. The zero-order valence-electron chi connectivity index (χ0n) is 18.4. The van der Waals surface area contributed by atoms with Gasteiger partial charge in [0.25, 0.3) is 0 Å². The van der Waals surface area contributed by atoms with Crippen molar-refractivity contribution in [3.63, 3.8) is 0 Å². The molecule has 0 radical (unpaired) electrons. The van der Waals surface area contributed by atoms with E-state index in [1.165, 1.54) is 23.7 Å². The van der Waals surface area contributed by atoms with Gasteiger partial charge in [0, 0.05) is 6.61 Å². The van der Waals surface area contributed by atoms with Gasteiger partial charge in [-0.2, -0.15) is 0 Å². The second-order valence-electron chi connectivity index (χ2n) is 6.67. The van der Waals surface area contributed by atoms with Crippen LogP contribution < -0.4 is 0 Å². The van der Waals surface area contributed by atoms with Crippen molar-refractivity contribution in [3.05, 3.63) is 35.9 Å². The van der Waals surface area contributed by atoms with Gasteiger partial charge >= 0.3 is 5.97 Å². The van der Waals surface area contributed by atoms with E-state index in [0.717, 1.165) is 13.0 Å². The van der Waals surface area contributed by atoms with Gasteiger partial charge in [0.2, 0.25) is 0 Å². The van der Waals surface area contributed by atoms with Crippen molar-refractivity contribution >= 4 is 28.6 Å². The van der Waals surface area contributed by atoms with Gasteiger partial charge in [-0.25, -0.2) is 4.79 Å². The summed E-state index contributed by atoms with van der Waals surface area (Å²) in [5.41, 5.74) is 0.539. The Balaban J connectivity index is 1.70. The van der Waals surface area contributed by atoms with Crippen LogP contribution in [0.4, 0.5) is 0 Å². The van der Waals surface area contributed by atoms with Crippen molar-refractivity contribution in [1.29, 1.82) is 0 Å². The first-order chi connectivity index (χ1) is 15.3. The molecule has 0 unspecified atom stereocenters. The van der Waals surface area contributed by atoms with Crippen LogP contribution in [-0.4, -0.2) is 83.1 Å². The molecule has 0 bridgehead atoms. The van der Waals surface area contributed by atoms with Crippen LogP contribution in [0, 0.1) is 0 Å². The summed E-state index contributed by atoms with van der Waals surface area (Å²) in [7, 11) is 0. The largest absolute Gasteiger partial charge is 0.460 e. The first-order valence-electron chi connectivity index (χ1n) is 11.0. The number of unbranched alkanes of at least 4 members (excludes halogenated alkanes) is 3. The Bertz CT molecular complexity index is 516. The van der Waals surface area contributed by atoms with E-state index in [1.54, 1.807) is 24.3 Å². The lowest BCUT2D eigenvalue weighted by Gasteiger charge is -2.08. The van der Waals surface area contributed by atoms with Gasteiger partial charge in [-0.05, 0) is 29.4 Å². The molecule has 7 nitrogen and oxygen atoms in total. The number of rotatable bonds is 22. The maximum atomic E-state index is 11.7. The number of carbonyl (C=O) groups excluding carboxylic acids is 1. The van der Waals surface area contributed by atoms with E-state index in [2.05, 4.69) is 22.6 Å². The molecule has 0 aliphatic carbocycles. The maximum absolute atomic E-state index is 11.7. The zero-order valence-corrected chi connectivity index (χ0v) is 20.6. The molecule has 8 heteroatoms. The van der Waals surface area contributed by atoms with Crippen LogP contribution in [-0.2, 0) is 28.4 Å². The van der Waals surface area contributed by atoms with Crippen molar-refractivity contribution < 1.29 is 33.2 Å². The first-order valence-corrected chi connectivity index (χ1v) is 12.5. The SMILES string of the molecule is O=C(OCCOCCOCCOCCOCCOCCCCCCI)c1ccccc1. The molecule has 0 aliphatic heterocycles. The Morgan fingerprint density at radius 3 is 1.55 bits per heavy atom. The first kappa shape index (κ1) is 28.3. The summed E-state index contributed by atoms with van der Waals surface area (Å²) in [5, 5.41) is 0. The molecule has 0 amide bonds. The fourth-order valence-corrected chi connectivity index (χ4v) is 3.02. The van der Waals surface area contributed by atoms with Gasteiger partial charge in [0.15, 0.2) is 0 Å². The Labute approximate surface area is 200 Å². The monoisotopic (exact) mass is 552 g/mol. The van der Waals surface area contributed by atoms with Gasteiger partial charge in [0.1, 0.15) is 6.61 Å². The Morgan fingerprint density at radius 1 is 0.581 bits per heavy atom. The van der Waals surface area contributed by atoms with Crippen LogP contribution in [0.2, 0.25) is 0 Å². The molecule has 0 N–H and O–H groups in total. The van der Waals surface area contributed by atoms with Gasteiger partial charge in [-0.1, -0.05) is 53.6 Å². The van der Waals surface area contributed by atoms with Crippen molar-refractivity contribution in [2.24, 2.45) is 0 Å². The quantitative estimate of drug-likeness (QED) is 0.0935. The summed E-state index contributed by atoms with van der Waals surface area (Å²) in [4.78, 5) is 11.7. The minimum Gasteiger partial charge on any atom is -0.460 e. The second kappa shape index (κ2) is 22.4. The maximum Gasteiger partial charge on any atom is 0.338 e.